The number of carbonyl (C=O) groups is 1. The second-order valence-electron chi connectivity index (χ2n) is 6.03. The van der Waals surface area contributed by atoms with E-state index in [1.54, 1.807) is 13.4 Å². The molecule has 24 heavy (non-hydrogen) atoms. The van der Waals surface area contributed by atoms with Gasteiger partial charge in [0.1, 0.15) is 12.1 Å². The quantitative estimate of drug-likeness (QED) is 0.779. The fourth-order valence-electron chi connectivity index (χ4n) is 2.72. The van der Waals surface area contributed by atoms with E-state index in [0.717, 1.165) is 48.4 Å². The molecule has 0 unspecified atom stereocenters. The Morgan fingerprint density at radius 2 is 2.00 bits per heavy atom. The Hall–Kier alpha value is -2.02. The van der Waals surface area contributed by atoms with Crippen molar-refractivity contribution in [2.45, 2.75) is 24.9 Å². The molecule has 0 bridgehead atoms. The average molecular weight is 346 g/mol. The van der Waals surface area contributed by atoms with Gasteiger partial charge in [0.25, 0.3) is 0 Å². The first-order valence-electron chi connectivity index (χ1n) is 8.12. The molecule has 0 saturated carbocycles. The fourth-order valence-corrected chi connectivity index (χ4v) is 3.55. The number of nitrogens with zero attached hydrogens (tertiary/aromatic N) is 4. The summed E-state index contributed by atoms with van der Waals surface area (Å²) < 4.78 is 7.06. The molecule has 0 N–H and O–H groups in total. The Morgan fingerprint density at radius 1 is 1.29 bits per heavy atom. The summed E-state index contributed by atoms with van der Waals surface area (Å²) in [6, 6.07) is 7.67. The zero-order valence-corrected chi connectivity index (χ0v) is 14.8. The molecule has 0 atom stereocenters. The van der Waals surface area contributed by atoms with Crippen LogP contribution in [0.4, 0.5) is 0 Å². The molecular weight excluding hydrogens is 324 g/mol. The van der Waals surface area contributed by atoms with E-state index in [4.69, 9.17) is 4.74 Å². The average Bonchev–Trinajstić information content (AvgIpc) is 3.09. The number of hydrogen-bond donors (Lipinski definition) is 0. The van der Waals surface area contributed by atoms with E-state index in [2.05, 4.69) is 17.1 Å². The van der Waals surface area contributed by atoms with Gasteiger partial charge in [-0.05, 0) is 43.0 Å². The summed E-state index contributed by atoms with van der Waals surface area (Å²) in [5.41, 5.74) is 0.947. The molecule has 1 aliphatic heterocycles. The predicted octanol–water partition coefficient (Wildman–Crippen LogP) is 2.63. The van der Waals surface area contributed by atoms with Crippen LogP contribution in [0.5, 0.6) is 5.75 Å². The van der Waals surface area contributed by atoms with Crippen LogP contribution in [0.2, 0.25) is 0 Å². The number of hydrogen-bond acceptors (Lipinski definition) is 5. The van der Waals surface area contributed by atoms with Crippen molar-refractivity contribution in [1.82, 2.24) is 19.7 Å². The first kappa shape index (κ1) is 16.8. The lowest BCUT2D eigenvalue weighted by Gasteiger charge is -2.30. The summed E-state index contributed by atoms with van der Waals surface area (Å²) in [5.74, 6) is 2.09. The Balaban J connectivity index is 1.62. The topological polar surface area (TPSA) is 60.2 Å². The van der Waals surface area contributed by atoms with Gasteiger partial charge in [0.05, 0.1) is 12.9 Å². The second kappa shape index (κ2) is 7.70. The zero-order chi connectivity index (χ0) is 16.9. The molecular formula is C17H22N4O2S. The number of methoxy groups -OCH3 is 1. The number of benzene rings is 1. The number of thioether (sulfide) groups is 1. The molecule has 1 saturated heterocycles. The van der Waals surface area contributed by atoms with Crippen LogP contribution >= 0.6 is 11.8 Å². The van der Waals surface area contributed by atoms with Gasteiger partial charge in [-0.15, -0.1) is 10.2 Å². The van der Waals surface area contributed by atoms with Crippen molar-refractivity contribution in [3.05, 3.63) is 30.6 Å². The Bertz CT molecular complexity index is 678. The monoisotopic (exact) mass is 346 g/mol. The normalized spacial score (nSPS) is 15.5. The molecule has 3 rings (SSSR count). The van der Waals surface area contributed by atoms with Gasteiger partial charge >= 0.3 is 0 Å². The number of carbonyl (C=O) groups excluding carboxylic acids is 1. The minimum absolute atomic E-state index is 0.177. The highest BCUT2D eigenvalue weighted by molar-refractivity contribution is 7.99. The van der Waals surface area contributed by atoms with Gasteiger partial charge in [0, 0.05) is 18.8 Å². The lowest BCUT2D eigenvalue weighted by atomic mass is 9.99. The van der Waals surface area contributed by atoms with Crippen LogP contribution in [0.15, 0.2) is 35.7 Å². The van der Waals surface area contributed by atoms with Crippen molar-refractivity contribution in [3.8, 4) is 11.4 Å². The number of amides is 1. The molecule has 7 heteroatoms. The molecule has 6 nitrogen and oxygen atoms in total. The molecule has 2 aromatic rings. The third kappa shape index (κ3) is 3.90. The van der Waals surface area contributed by atoms with Gasteiger partial charge in [-0.2, -0.15) is 0 Å². The highest BCUT2D eigenvalue weighted by Crippen LogP contribution is 2.23. The van der Waals surface area contributed by atoms with Crippen LogP contribution in [-0.4, -0.2) is 51.5 Å². The summed E-state index contributed by atoms with van der Waals surface area (Å²) in [5, 5.41) is 8.84. The summed E-state index contributed by atoms with van der Waals surface area (Å²) in [6.07, 6.45) is 3.86. The summed E-state index contributed by atoms with van der Waals surface area (Å²) in [7, 11) is 1.64. The minimum Gasteiger partial charge on any atom is -0.497 e. The third-order valence-corrected chi connectivity index (χ3v) is 5.26. The maximum absolute atomic E-state index is 12.4. The molecule has 0 spiro atoms. The lowest BCUT2D eigenvalue weighted by Crippen LogP contribution is -2.38. The highest BCUT2D eigenvalue weighted by atomic mass is 32.2. The number of ether oxygens (including phenoxy) is 1. The standard InChI is InChI=1S/C17H22N4O2S/c1-13-7-9-20(10-8-13)16(22)11-24-17-19-18-12-21(17)14-3-5-15(23-2)6-4-14/h3-6,12-13H,7-11H2,1-2H3. The van der Waals surface area contributed by atoms with E-state index in [1.807, 2.05) is 33.7 Å². The Kier molecular flexibility index (Phi) is 5.40. The number of likely N-dealkylation sites (tertiary alicyclic amines) is 1. The molecule has 1 aliphatic rings. The van der Waals surface area contributed by atoms with Gasteiger partial charge in [-0.25, -0.2) is 0 Å². The largest absolute Gasteiger partial charge is 0.497 e. The van der Waals surface area contributed by atoms with Gasteiger partial charge in [0.15, 0.2) is 5.16 Å². The zero-order valence-electron chi connectivity index (χ0n) is 14.0. The van der Waals surface area contributed by atoms with Crippen molar-refractivity contribution in [3.63, 3.8) is 0 Å². The first-order chi connectivity index (χ1) is 11.7. The Morgan fingerprint density at radius 3 is 2.67 bits per heavy atom. The van der Waals surface area contributed by atoms with Gasteiger partial charge < -0.3 is 9.64 Å². The molecule has 1 aromatic heterocycles. The van der Waals surface area contributed by atoms with Gasteiger partial charge in [0.2, 0.25) is 5.91 Å². The number of aromatic nitrogens is 3. The summed E-state index contributed by atoms with van der Waals surface area (Å²) in [6.45, 7) is 3.98. The number of rotatable bonds is 5. The van der Waals surface area contributed by atoms with E-state index in [1.165, 1.54) is 11.8 Å². The molecule has 1 aromatic carbocycles. The molecule has 2 heterocycles. The van der Waals surface area contributed by atoms with Crippen molar-refractivity contribution >= 4 is 17.7 Å². The highest BCUT2D eigenvalue weighted by Gasteiger charge is 2.21. The maximum Gasteiger partial charge on any atom is 0.233 e. The minimum atomic E-state index is 0.177. The molecule has 128 valence electrons. The van der Waals surface area contributed by atoms with E-state index in [-0.39, 0.29) is 5.91 Å². The van der Waals surface area contributed by atoms with Crippen molar-refractivity contribution in [2.75, 3.05) is 26.0 Å². The van der Waals surface area contributed by atoms with Crippen LogP contribution in [0, 0.1) is 5.92 Å². The molecule has 1 amide bonds. The fraction of sp³-hybridized carbons (Fsp3) is 0.471. The van der Waals surface area contributed by atoms with Crippen molar-refractivity contribution in [1.29, 1.82) is 0 Å². The van der Waals surface area contributed by atoms with Crippen LogP contribution in [0.3, 0.4) is 0 Å². The predicted molar refractivity (Wildman–Crippen MR) is 93.6 cm³/mol. The smallest absolute Gasteiger partial charge is 0.233 e. The van der Waals surface area contributed by atoms with Crippen LogP contribution in [-0.2, 0) is 4.79 Å². The lowest BCUT2D eigenvalue weighted by molar-refractivity contribution is -0.129. The second-order valence-corrected chi connectivity index (χ2v) is 6.98. The van der Waals surface area contributed by atoms with Crippen LogP contribution in [0.1, 0.15) is 19.8 Å². The van der Waals surface area contributed by atoms with Gasteiger partial charge in [-0.3, -0.25) is 9.36 Å². The molecule has 0 radical (unpaired) electrons. The third-order valence-electron chi connectivity index (χ3n) is 4.33. The van der Waals surface area contributed by atoms with Crippen molar-refractivity contribution in [2.24, 2.45) is 5.92 Å². The number of piperidine rings is 1. The first-order valence-corrected chi connectivity index (χ1v) is 9.11. The SMILES string of the molecule is COc1ccc(-n2cnnc2SCC(=O)N2CCC(C)CC2)cc1. The summed E-state index contributed by atoms with van der Waals surface area (Å²) >= 11 is 1.43. The van der Waals surface area contributed by atoms with Crippen LogP contribution < -0.4 is 4.74 Å². The Labute approximate surface area is 146 Å². The van der Waals surface area contributed by atoms with E-state index in [9.17, 15) is 4.79 Å². The summed E-state index contributed by atoms with van der Waals surface area (Å²) in [4.78, 5) is 14.3. The van der Waals surface area contributed by atoms with Crippen LogP contribution in [0.25, 0.3) is 5.69 Å². The van der Waals surface area contributed by atoms with E-state index < -0.39 is 0 Å². The van der Waals surface area contributed by atoms with Gasteiger partial charge in [-0.1, -0.05) is 18.7 Å². The van der Waals surface area contributed by atoms with Crippen molar-refractivity contribution < 1.29 is 9.53 Å². The van der Waals surface area contributed by atoms with E-state index >= 15 is 0 Å². The maximum atomic E-state index is 12.4. The molecule has 0 aliphatic carbocycles. The molecule has 1 fully saturated rings. The van der Waals surface area contributed by atoms with E-state index in [0.29, 0.717) is 5.75 Å².